The molecule has 0 saturated carbocycles. The van der Waals surface area contributed by atoms with E-state index in [9.17, 15) is 13.2 Å². The van der Waals surface area contributed by atoms with Gasteiger partial charge in [0.05, 0.1) is 5.69 Å². The summed E-state index contributed by atoms with van der Waals surface area (Å²) in [6.07, 6.45) is 1.08. The van der Waals surface area contributed by atoms with Crippen LogP contribution in [-0.2, 0) is 9.05 Å². The normalized spacial score (nSPS) is 11.7. The van der Waals surface area contributed by atoms with Gasteiger partial charge in [-0.2, -0.15) is 0 Å². The molecule has 0 amide bonds. The Morgan fingerprint density at radius 2 is 2.13 bits per heavy atom. The summed E-state index contributed by atoms with van der Waals surface area (Å²) in [6.45, 7) is 3.39. The first kappa shape index (κ1) is 12.6. The summed E-state index contributed by atoms with van der Waals surface area (Å²) >= 11 is 0.834. The maximum absolute atomic E-state index is 11.4. The molecule has 0 aliphatic heterocycles. The van der Waals surface area contributed by atoms with Crippen molar-refractivity contribution in [1.82, 2.24) is 4.98 Å². The minimum Gasteiger partial charge on any atom is -0.292 e. The van der Waals surface area contributed by atoms with E-state index in [0.717, 1.165) is 11.3 Å². The minimum absolute atomic E-state index is 0.0383. The van der Waals surface area contributed by atoms with Crippen LogP contribution in [0.2, 0.25) is 0 Å². The topological polar surface area (TPSA) is 64.1 Å². The molecule has 0 N–H and O–H groups in total. The fourth-order valence-corrected chi connectivity index (χ4v) is 3.48. The summed E-state index contributed by atoms with van der Waals surface area (Å²) in [5, 5.41) is 0.216. The SMILES string of the molecule is CCCC(=O)c1nc(C)c(S(=O)(=O)Cl)s1. The molecule has 0 fully saturated rings. The van der Waals surface area contributed by atoms with Gasteiger partial charge in [0.2, 0.25) is 0 Å². The summed E-state index contributed by atoms with van der Waals surface area (Å²) in [7, 11) is 1.41. The fourth-order valence-electron chi connectivity index (χ4n) is 1.06. The number of Topliss-reactive ketones (excluding diaryl/α,β-unsaturated/α-hetero) is 1. The number of aromatic nitrogens is 1. The monoisotopic (exact) mass is 267 g/mol. The third-order valence-corrected chi connectivity index (χ3v) is 5.07. The van der Waals surface area contributed by atoms with Gasteiger partial charge in [-0.3, -0.25) is 4.79 Å². The number of aryl methyl sites for hydroxylation is 1. The number of hydrogen-bond acceptors (Lipinski definition) is 5. The Balaban J connectivity index is 3.12. The molecule has 84 valence electrons. The van der Waals surface area contributed by atoms with Gasteiger partial charge in [0, 0.05) is 17.1 Å². The summed E-state index contributed by atoms with van der Waals surface area (Å²) < 4.78 is 22.1. The summed E-state index contributed by atoms with van der Waals surface area (Å²) in [4.78, 5) is 15.3. The van der Waals surface area contributed by atoms with Gasteiger partial charge < -0.3 is 0 Å². The van der Waals surface area contributed by atoms with E-state index in [0.29, 0.717) is 12.8 Å². The van der Waals surface area contributed by atoms with E-state index in [-0.39, 0.29) is 20.7 Å². The predicted molar refractivity (Wildman–Crippen MR) is 59.1 cm³/mol. The second-order valence-electron chi connectivity index (χ2n) is 3.00. The highest BCUT2D eigenvalue weighted by Crippen LogP contribution is 2.27. The number of ketones is 1. The molecule has 1 heterocycles. The van der Waals surface area contributed by atoms with Crippen LogP contribution in [0.25, 0.3) is 0 Å². The molecular weight excluding hydrogens is 258 g/mol. The van der Waals surface area contributed by atoms with Gasteiger partial charge in [-0.1, -0.05) is 18.3 Å². The molecule has 0 spiro atoms. The molecule has 0 bridgehead atoms. The van der Waals surface area contributed by atoms with Crippen LogP contribution in [0.1, 0.15) is 35.3 Å². The number of carbonyl (C=O) groups excluding carboxylic acids is 1. The van der Waals surface area contributed by atoms with Crippen molar-refractivity contribution in [1.29, 1.82) is 0 Å². The lowest BCUT2D eigenvalue weighted by Gasteiger charge is -1.90. The predicted octanol–water partition coefficient (Wildman–Crippen LogP) is 2.36. The Morgan fingerprint density at radius 3 is 2.53 bits per heavy atom. The second-order valence-corrected chi connectivity index (χ2v) is 6.76. The maximum atomic E-state index is 11.4. The molecule has 0 aliphatic carbocycles. The van der Waals surface area contributed by atoms with E-state index in [1.54, 1.807) is 0 Å². The van der Waals surface area contributed by atoms with Crippen LogP contribution in [0.15, 0.2) is 4.21 Å². The zero-order chi connectivity index (χ0) is 11.6. The van der Waals surface area contributed by atoms with Crippen molar-refractivity contribution in [2.75, 3.05) is 0 Å². The molecule has 0 aromatic carbocycles. The number of hydrogen-bond donors (Lipinski definition) is 0. The van der Waals surface area contributed by atoms with Crippen molar-refractivity contribution in [2.45, 2.75) is 30.9 Å². The van der Waals surface area contributed by atoms with E-state index in [4.69, 9.17) is 10.7 Å². The van der Waals surface area contributed by atoms with Gasteiger partial charge in [0.1, 0.15) is 0 Å². The number of carbonyl (C=O) groups is 1. The van der Waals surface area contributed by atoms with Crippen molar-refractivity contribution in [3.8, 4) is 0 Å². The van der Waals surface area contributed by atoms with Gasteiger partial charge in [-0.25, -0.2) is 13.4 Å². The van der Waals surface area contributed by atoms with E-state index >= 15 is 0 Å². The summed E-state index contributed by atoms with van der Waals surface area (Å²) in [5.41, 5.74) is 0.287. The molecule has 0 aliphatic rings. The molecule has 15 heavy (non-hydrogen) atoms. The van der Waals surface area contributed by atoms with Crippen LogP contribution >= 0.6 is 22.0 Å². The lowest BCUT2D eigenvalue weighted by Crippen LogP contribution is -1.96. The zero-order valence-corrected chi connectivity index (χ0v) is 10.7. The van der Waals surface area contributed by atoms with E-state index in [1.165, 1.54) is 6.92 Å². The maximum Gasteiger partial charge on any atom is 0.272 e. The molecule has 7 heteroatoms. The van der Waals surface area contributed by atoms with Crippen LogP contribution < -0.4 is 0 Å². The van der Waals surface area contributed by atoms with Crippen molar-refractivity contribution in [2.24, 2.45) is 0 Å². The van der Waals surface area contributed by atoms with Crippen LogP contribution in [0.3, 0.4) is 0 Å². The van der Waals surface area contributed by atoms with E-state index in [2.05, 4.69) is 4.98 Å². The minimum atomic E-state index is -3.79. The smallest absolute Gasteiger partial charge is 0.272 e. The van der Waals surface area contributed by atoms with E-state index < -0.39 is 9.05 Å². The highest BCUT2D eigenvalue weighted by molar-refractivity contribution is 8.15. The molecule has 0 saturated heterocycles. The van der Waals surface area contributed by atoms with Gasteiger partial charge in [0.25, 0.3) is 9.05 Å². The first-order chi connectivity index (χ1) is 6.86. The Hall–Kier alpha value is -0.460. The number of rotatable bonds is 4. The fraction of sp³-hybridized carbons (Fsp3) is 0.500. The van der Waals surface area contributed by atoms with Crippen molar-refractivity contribution in [3.63, 3.8) is 0 Å². The third-order valence-electron chi connectivity index (χ3n) is 1.69. The van der Waals surface area contributed by atoms with Crippen LogP contribution in [0, 0.1) is 6.92 Å². The van der Waals surface area contributed by atoms with Gasteiger partial charge in [-0.05, 0) is 13.3 Å². The van der Waals surface area contributed by atoms with Crippen molar-refractivity contribution >= 4 is 36.9 Å². The molecule has 0 atom stereocenters. The lowest BCUT2D eigenvalue weighted by molar-refractivity contribution is 0.0981. The van der Waals surface area contributed by atoms with Gasteiger partial charge in [-0.15, -0.1) is 0 Å². The molecule has 0 radical (unpaired) electrons. The summed E-state index contributed by atoms with van der Waals surface area (Å²) in [6, 6.07) is 0. The number of halogens is 1. The standard InChI is InChI=1S/C8H10ClNO3S2/c1-3-4-6(11)7-10-5(2)8(14-7)15(9,12)13/h3-4H2,1-2H3. The number of nitrogens with zero attached hydrogens (tertiary/aromatic N) is 1. The van der Waals surface area contributed by atoms with Crippen molar-refractivity contribution < 1.29 is 13.2 Å². The molecule has 1 rings (SSSR count). The number of thiazole rings is 1. The van der Waals surface area contributed by atoms with E-state index in [1.807, 2.05) is 6.92 Å². The summed E-state index contributed by atoms with van der Waals surface area (Å²) in [5.74, 6) is -0.142. The Bertz CT molecular complexity index is 478. The van der Waals surface area contributed by atoms with Crippen LogP contribution in [0.4, 0.5) is 0 Å². The zero-order valence-electron chi connectivity index (χ0n) is 8.28. The Kier molecular flexibility index (Phi) is 3.86. The molecule has 1 aromatic heterocycles. The Labute approximate surface area is 96.7 Å². The highest BCUT2D eigenvalue weighted by Gasteiger charge is 2.21. The molecule has 1 aromatic rings. The largest absolute Gasteiger partial charge is 0.292 e. The third kappa shape index (κ3) is 2.99. The molecule has 4 nitrogen and oxygen atoms in total. The highest BCUT2D eigenvalue weighted by atomic mass is 35.7. The van der Waals surface area contributed by atoms with Gasteiger partial charge in [0.15, 0.2) is 15.0 Å². The van der Waals surface area contributed by atoms with Crippen LogP contribution in [0.5, 0.6) is 0 Å². The molecular formula is C8H10ClNO3S2. The average molecular weight is 268 g/mol. The quantitative estimate of drug-likeness (QED) is 0.621. The first-order valence-corrected chi connectivity index (χ1v) is 7.44. The lowest BCUT2D eigenvalue weighted by atomic mass is 10.2. The molecule has 0 unspecified atom stereocenters. The first-order valence-electron chi connectivity index (χ1n) is 4.31. The second kappa shape index (κ2) is 4.59. The average Bonchev–Trinajstić information content (AvgIpc) is 2.47. The van der Waals surface area contributed by atoms with Crippen molar-refractivity contribution in [3.05, 3.63) is 10.7 Å². The van der Waals surface area contributed by atoms with Gasteiger partial charge >= 0.3 is 0 Å². The Morgan fingerprint density at radius 1 is 1.53 bits per heavy atom. The van der Waals surface area contributed by atoms with Crippen LogP contribution in [-0.4, -0.2) is 19.2 Å².